The molecule has 2 aromatic rings. The van der Waals surface area contributed by atoms with Gasteiger partial charge in [-0.05, 0) is 23.6 Å². The molecule has 0 unspecified atom stereocenters. The quantitative estimate of drug-likeness (QED) is 0.672. The molecular weight excluding hydrogens is 314 g/mol. The van der Waals surface area contributed by atoms with E-state index in [4.69, 9.17) is 0 Å². The van der Waals surface area contributed by atoms with Crippen LogP contribution in [0.15, 0.2) is 71.8 Å². The number of hydrazone groups is 1. The fourth-order valence-electron chi connectivity index (χ4n) is 2.85. The van der Waals surface area contributed by atoms with E-state index in [1.807, 2.05) is 73.7 Å². The van der Waals surface area contributed by atoms with E-state index in [2.05, 4.69) is 10.4 Å². The summed E-state index contributed by atoms with van der Waals surface area (Å²) in [5.74, 6) is -0.365. The first-order valence-corrected chi connectivity index (χ1v) is 8.15. The van der Waals surface area contributed by atoms with Crippen LogP contribution in [0, 0.1) is 0 Å². The molecule has 1 aliphatic heterocycles. The molecule has 0 aromatic heterocycles. The number of carbonyl (C=O) groups is 2. The van der Waals surface area contributed by atoms with Gasteiger partial charge in [-0.3, -0.25) is 4.79 Å². The van der Waals surface area contributed by atoms with Gasteiger partial charge in [0, 0.05) is 6.21 Å². The SMILES string of the molecule is CC[C@@]1(c2ccccc2)NC(=O)N(/N=C\C=C\c2ccccc2)C1=O. The maximum atomic E-state index is 12.8. The molecule has 0 bridgehead atoms. The average molecular weight is 333 g/mol. The zero-order valence-electron chi connectivity index (χ0n) is 13.9. The third-order valence-electron chi connectivity index (χ3n) is 4.22. The van der Waals surface area contributed by atoms with E-state index in [1.165, 1.54) is 6.21 Å². The van der Waals surface area contributed by atoms with Crippen LogP contribution >= 0.6 is 0 Å². The standard InChI is InChI=1S/C20H19N3O2/c1-2-20(17-13-7-4-8-14-17)18(24)23(19(25)22-20)21-15-9-12-16-10-5-3-6-11-16/h3-15H,2H2,1H3,(H,22,25)/b12-9+,21-15-/t20-/m0/s1. The lowest BCUT2D eigenvalue weighted by Gasteiger charge is -2.24. The van der Waals surface area contributed by atoms with Crippen molar-refractivity contribution in [1.82, 2.24) is 10.3 Å². The summed E-state index contributed by atoms with van der Waals surface area (Å²) in [5, 5.41) is 7.72. The maximum Gasteiger partial charge on any atom is 0.346 e. The molecule has 0 aliphatic carbocycles. The van der Waals surface area contributed by atoms with Crippen LogP contribution in [0.3, 0.4) is 0 Å². The minimum Gasteiger partial charge on any atom is -0.318 e. The van der Waals surface area contributed by atoms with Crippen molar-refractivity contribution in [2.24, 2.45) is 5.10 Å². The zero-order valence-corrected chi connectivity index (χ0v) is 13.9. The summed E-state index contributed by atoms with van der Waals surface area (Å²) < 4.78 is 0. The first-order valence-electron chi connectivity index (χ1n) is 8.15. The van der Waals surface area contributed by atoms with Crippen molar-refractivity contribution in [3.63, 3.8) is 0 Å². The van der Waals surface area contributed by atoms with Gasteiger partial charge in [-0.15, -0.1) is 5.01 Å². The molecular formula is C20H19N3O2. The van der Waals surface area contributed by atoms with Crippen molar-refractivity contribution in [3.8, 4) is 0 Å². The minimum absolute atomic E-state index is 0.365. The van der Waals surface area contributed by atoms with E-state index in [-0.39, 0.29) is 5.91 Å². The number of carbonyl (C=O) groups excluding carboxylic acids is 2. The Morgan fingerprint density at radius 3 is 2.32 bits per heavy atom. The average Bonchev–Trinajstić information content (AvgIpc) is 2.91. The van der Waals surface area contributed by atoms with Gasteiger partial charge in [-0.25, -0.2) is 4.79 Å². The molecule has 5 nitrogen and oxygen atoms in total. The molecule has 5 heteroatoms. The number of benzene rings is 2. The number of nitrogens with zero attached hydrogens (tertiary/aromatic N) is 2. The normalized spacial score (nSPS) is 20.6. The monoisotopic (exact) mass is 333 g/mol. The number of imide groups is 1. The van der Waals surface area contributed by atoms with Crippen LogP contribution in [0.1, 0.15) is 24.5 Å². The van der Waals surface area contributed by atoms with Crippen LogP contribution in [0.2, 0.25) is 0 Å². The van der Waals surface area contributed by atoms with Crippen molar-refractivity contribution in [3.05, 3.63) is 77.9 Å². The van der Waals surface area contributed by atoms with Gasteiger partial charge in [0.25, 0.3) is 5.91 Å². The molecule has 126 valence electrons. The van der Waals surface area contributed by atoms with E-state index in [9.17, 15) is 9.59 Å². The number of rotatable bonds is 5. The molecule has 1 N–H and O–H groups in total. The van der Waals surface area contributed by atoms with Gasteiger partial charge in [-0.2, -0.15) is 5.10 Å². The van der Waals surface area contributed by atoms with Crippen LogP contribution < -0.4 is 5.32 Å². The molecule has 3 rings (SSSR count). The molecule has 1 saturated heterocycles. The largest absolute Gasteiger partial charge is 0.346 e. The second-order valence-corrected chi connectivity index (χ2v) is 5.71. The van der Waals surface area contributed by atoms with Gasteiger partial charge in [-0.1, -0.05) is 73.7 Å². The van der Waals surface area contributed by atoms with Crippen LogP contribution in [-0.4, -0.2) is 23.2 Å². The van der Waals surface area contributed by atoms with Crippen LogP contribution in [0.4, 0.5) is 4.79 Å². The third-order valence-corrected chi connectivity index (χ3v) is 4.22. The third kappa shape index (κ3) is 3.21. The van der Waals surface area contributed by atoms with Gasteiger partial charge in [0.15, 0.2) is 0 Å². The second kappa shape index (κ2) is 7.13. The molecule has 0 radical (unpaired) electrons. The van der Waals surface area contributed by atoms with E-state index >= 15 is 0 Å². The van der Waals surface area contributed by atoms with E-state index < -0.39 is 11.6 Å². The Morgan fingerprint density at radius 2 is 1.68 bits per heavy atom. The fourth-order valence-corrected chi connectivity index (χ4v) is 2.85. The summed E-state index contributed by atoms with van der Waals surface area (Å²) in [4.78, 5) is 25.1. The van der Waals surface area contributed by atoms with Gasteiger partial charge in [0.1, 0.15) is 5.54 Å². The molecule has 0 spiro atoms. The van der Waals surface area contributed by atoms with Crippen LogP contribution in [0.25, 0.3) is 6.08 Å². The first kappa shape index (κ1) is 16.6. The van der Waals surface area contributed by atoms with E-state index in [1.54, 1.807) is 6.08 Å². The van der Waals surface area contributed by atoms with Gasteiger partial charge in [0.05, 0.1) is 0 Å². The summed E-state index contributed by atoms with van der Waals surface area (Å²) in [5.41, 5.74) is 0.713. The van der Waals surface area contributed by atoms with Crippen molar-refractivity contribution >= 4 is 24.2 Å². The van der Waals surface area contributed by atoms with Crippen molar-refractivity contribution in [2.75, 3.05) is 0 Å². The number of hydrogen-bond acceptors (Lipinski definition) is 3. The van der Waals surface area contributed by atoms with E-state index in [0.29, 0.717) is 6.42 Å². The number of amides is 3. The Hall–Kier alpha value is -3.21. The topological polar surface area (TPSA) is 61.8 Å². The zero-order chi connectivity index (χ0) is 17.7. The second-order valence-electron chi connectivity index (χ2n) is 5.71. The van der Waals surface area contributed by atoms with Crippen molar-refractivity contribution in [1.29, 1.82) is 0 Å². The van der Waals surface area contributed by atoms with Crippen LogP contribution in [0.5, 0.6) is 0 Å². The summed E-state index contributed by atoms with van der Waals surface area (Å²) in [6.45, 7) is 1.87. The lowest BCUT2D eigenvalue weighted by molar-refractivity contribution is -0.131. The molecule has 0 saturated carbocycles. The summed E-state index contributed by atoms with van der Waals surface area (Å²) in [6.07, 6.45) is 5.45. The summed E-state index contributed by atoms with van der Waals surface area (Å²) in [7, 11) is 0. The highest BCUT2D eigenvalue weighted by atomic mass is 16.2. The predicted octanol–water partition coefficient (Wildman–Crippen LogP) is 3.54. The smallest absolute Gasteiger partial charge is 0.318 e. The molecule has 1 aliphatic rings. The van der Waals surface area contributed by atoms with Crippen molar-refractivity contribution in [2.45, 2.75) is 18.9 Å². The lowest BCUT2D eigenvalue weighted by atomic mass is 9.87. The number of nitrogens with one attached hydrogen (secondary N) is 1. The summed E-state index contributed by atoms with van der Waals surface area (Å²) >= 11 is 0. The highest BCUT2D eigenvalue weighted by Gasteiger charge is 2.51. The minimum atomic E-state index is -1.06. The molecule has 1 atom stereocenters. The number of urea groups is 1. The first-order chi connectivity index (χ1) is 12.2. The van der Waals surface area contributed by atoms with Gasteiger partial charge in [0.2, 0.25) is 0 Å². The maximum absolute atomic E-state index is 12.8. The van der Waals surface area contributed by atoms with Crippen LogP contribution in [-0.2, 0) is 10.3 Å². The number of hydrogen-bond donors (Lipinski definition) is 1. The molecule has 1 heterocycles. The highest BCUT2D eigenvalue weighted by Crippen LogP contribution is 2.32. The Balaban J connectivity index is 1.79. The van der Waals surface area contributed by atoms with Gasteiger partial charge < -0.3 is 5.32 Å². The van der Waals surface area contributed by atoms with Crippen molar-refractivity contribution < 1.29 is 9.59 Å². The Kier molecular flexibility index (Phi) is 4.75. The predicted molar refractivity (Wildman–Crippen MR) is 97.8 cm³/mol. The molecule has 1 fully saturated rings. The molecule has 2 aromatic carbocycles. The fraction of sp³-hybridized carbons (Fsp3) is 0.150. The van der Waals surface area contributed by atoms with E-state index in [0.717, 1.165) is 16.1 Å². The summed E-state index contributed by atoms with van der Waals surface area (Å²) in [6, 6.07) is 18.4. The number of allylic oxidation sites excluding steroid dienone is 1. The molecule has 25 heavy (non-hydrogen) atoms. The Bertz CT molecular complexity index is 815. The lowest BCUT2D eigenvalue weighted by Crippen LogP contribution is -2.43. The molecule has 3 amide bonds. The Morgan fingerprint density at radius 1 is 1.04 bits per heavy atom. The van der Waals surface area contributed by atoms with Gasteiger partial charge >= 0.3 is 6.03 Å². The highest BCUT2D eigenvalue weighted by molar-refractivity contribution is 6.07. The Labute approximate surface area is 146 Å².